The van der Waals surface area contributed by atoms with E-state index in [1.54, 1.807) is 32.9 Å². The molecule has 0 bridgehead atoms. The Kier molecular flexibility index (Phi) is 4.12. The summed E-state index contributed by atoms with van der Waals surface area (Å²) >= 11 is 0. The van der Waals surface area contributed by atoms with E-state index < -0.39 is 17.7 Å². The summed E-state index contributed by atoms with van der Waals surface area (Å²) in [6.45, 7) is 5.49. The third-order valence-electron chi connectivity index (χ3n) is 2.58. The van der Waals surface area contributed by atoms with Crippen molar-refractivity contribution in [1.29, 1.82) is 0 Å². The topological polar surface area (TPSA) is 60.8 Å². The molecule has 0 saturated heterocycles. The van der Waals surface area contributed by atoms with Gasteiger partial charge < -0.3 is 15.1 Å². The highest BCUT2D eigenvalue weighted by atomic mass is 16.4. The van der Waals surface area contributed by atoms with Crippen molar-refractivity contribution < 1.29 is 15.0 Å². The van der Waals surface area contributed by atoms with E-state index in [-0.39, 0.29) is 6.54 Å². The Morgan fingerprint density at radius 3 is 2.24 bits per heavy atom. The van der Waals surface area contributed by atoms with Crippen molar-refractivity contribution in [1.82, 2.24) is 4.90 Å². The number of carbonyl (C=O) groups is 1. The Morgan fingerprint density at radius 1 is 1.29 bits per heavy atom. The van der Waals surface area contributed by atoms with Crippen LogP contribution in [0.25, 0.3) is 0 Å². The first-order valence-corrected chi connectivity index (χ1v) is 5.56. The number of carboxylic acid groups (broad SMARTS) is 1. The zero-order chi connectivity index (χ0) is 13.1. The van der Waals surface area contributed by atoms with Crippen LogP contribution in [0.3, 0.4) is 0 Å². The quantitative estimate of drug-likeness (QED) is 0.849. The predicted octanol–water partition coefficient (Wildman–Crippen LogP) is 2.50. The van der Waals surface area contributed by atoms with E-state index in [9.17, 15) is 9.90 Å². The minimum absolute atomic E-state index is 0.0723. The first-order valence-electron chi connectivity index (χ1n) is 5.56. The first kappa shape index (κ1) is 13.5. The molecule has 94 valence electrons. The summed E-state index contributed by atoms with van der Waals surface area (Å²) in [5, 5.41) is 19.1. The lowest BCUT2D eigenvalue weighted by atomic mass is 10.0. The highest BCUT2D eigenvalue weighted by molar-refractivity contribution is 5.66. The monoisotopic (exact) mass is 237 g/mol. The van der Waals surface area contributed by atoms with Gasteiger partial charge in [-0.05, 0) is 26.3 Å². The first-order chi connectivity index (χ1) is 7.82. The van der Waals surface area contributed by atoms with Crippen molar-refractivity contribution >= 4 is 6.09 Å². The number of amides is 1. The van der Waals surface area contributed by atoms with Crippen LogP contribution in [0.1, 0.15) is 32.4 Å². The van der Waals surface area contributed by atoms with Gasteiger partial charge in [0.05, 0.1) is 12.6 Å². The largest absolute Gasteiger partial charge is 0.465 e. The lowest BCUT2D eigenvalue weighted by molar-refractivity contribution is 0.0556. The third-order valence-corrected chi connectivity index (χ3v) is 2.58. The maximum absolute atomic E-state index is 11.1. The fourth-order valence-electron chi connectivity index (χ4n) is 1.59. The number of benzene rings is 1. The van der Waals surface area contributed by atoms with Crippen molar-refractivity contribution in [3.63, 3.8) is 0 Å². The van der Waals surface area contributed by atoms with Crippen LogP contribution in [0.15, 0.2) is 30.3 Å². The number of hydrogen-bond acceptors (Lipinski definition) is 2. The van der Waals surface area contributed by atoms with Crippen LogP contribution in [-0.2, 0) is 0 Å². The zero-order valence-electron chi connectivity index (χ0n) is 10.4. The molecule has 1 rings (SSSR count). The molecule has 1 aromatic rings. The van der Waals surface area contributed by atoms with Crippen LogP contribution >= 0.6 is 0 Å². The molecule has 17 heavy (non-hydrogen) atoms. The van der Waals surface area contributed by atoms with Gasteiger partial charge >= 0.3 is 6.09 Å². The molecule has 0 aliphatic heterocycles. The van der Waals surface area contributed by atoms with Gasteiger partial charge in [0.1, 0.15) is 0 Å². The highest BCUT2D eigenvalue weighted by Crippen LogP contribution is 2.20. The van der Waals surface area contributed by atoms with E-state index in [0.717, 1.165) is 5.56 Å². The van der Waals surface area contributed by atoms with Gasteiger partial charge in [0.2, 0.25) is 0 Å². The van der Waals surface area contributed by atoms with Gasteiger partial charge in [-0.25, -0.2) is 4.79 Å². The van der Waals surface area contributed by atoms with Crippen molar-refractivity contribution in [2.45, 2.75) is 32.4 Å². The predicted molar refractivity (Wildman–Crippen MR) is 65.9 cm³/mol. The molecular formula is C13H19NO3. The van der Waals surface area contributed by atoms with Crippen LogP contribution < -0.4 is 0 Å². The van der Waals surface area contributed by atoms with Gasteiger partial charge in [0.15, 0.2) is 0 Å². The van der Waals surface area contributed by atoms with E-state index >= 15 is 0 Å². The summed E-state index contributed by atoms with van der Waals surface area (Å²) < 4.78 is 0. The second-order valence-electron chi connectivity index (χ2n) is 4.99. The standard InChI is InChI=1S/C13H19NO3/c1-13(2,3)14(12(16)17)9-11(15)10-7-5-4-6-8-10/h4-8,11,15H,9H2,1-3H3,(H,16,17). The molecular weight excluding hydrogens is 218 g/mol. The van der Waals surface area contributed by atoms with Crippen molar-refractivity contribution in [2.75, 3.05) is 6.54 Å². The van der Waals surface area contributed by atoms with Gasteiger partial charge in [-0.3, -0.25) is 0 Å². The second-order valence-corrected chi connectivity index (χ2v) is 4.99. The van der Waals surface area contributed by atoms with Crippen molar-refractivity contribution in [3.8, 4) is 0 Å². The summed E-state index contributed by atoms with van der Waals surface area (Å²) in [6.07, 6.45) is -1.82. The Labute approximate surface area is 101 Å². The Hall–Kier alpha value is -1.55. The van der Waals surface area contributed by atoms with E-state index in [1.165, 1.54) is 4.90 Å². The number of hydrogen-bond donors (Lipinski definition) is 2. The van der Waals surface area contributed by atoms with Crippen LogP contribution in [0.4, 0.5) is 4.79 Å². The average Bonchev–Trinajstić information content (AvgIpc) is 2.24. The molecule has 2 N–H and O–H groups in total. The Balaban J connectivity index is 2.79. The summed E-state index contributed by atoms with van der Waals surface area (Å²) in [6, 6.07) is 9.07. The van der Waals surface area contributed by atoms with Gasteiger partial charge in [-0.1, -0.05) is 30.3 Å². The van der Waals surface area contributed by atoms with Crippen LogP contribution in [0.2, 0.25) is 0 Å². The van der Waals surface area contributed by atoms with Gasteiger partial charge in [0, 0.05) is 5.54 Å². The lowest BCUT2D eigenvalue weighted by Crippen LogP contribution is -2.46. The van der Waals surface area contributed by atoms with E-state index in [0.29, 0.717) is 0 Å². The molecule has 0 heterocycles. The van der Waals surface area contributed by atoms with Crippen LogP contribution in [0.5, 0.6) is 0 Å². The van der Waals surface area contributed by atoms with Gasteiger partial charge in [0.25, 0.3) is 0 Å². The maximum atomic E-state index is 11.1. The SMILES string of the molecule is CC(C)(C)N(CC(O)c1ccccc1)C(=O)O. The van der Waals surface area contributed by atoms with E-state index in [2.05, 4.69) is 0 Å². The van der Waals surface area contributed by atoms with Crippen molar-refractivity contribution in [3.05, 3.63) is 35.9 Å². The minimum atomic E-state index is -1.02. The summed E-state index contributed by atoms with van der Waals surface area (Å²) in [7, 11) is 0. The Bertz CT molecular complexity index is 370. The highest BCUT2D eigenvalue weighted by Gasteiger charge is 2.28. The van der Waals surface area contributed by atoms with Gasteiger partial charge in [-0.15, -0.1) is 0 Å². The van der Waals surface area contributed by atoms with E-state index in [1.807, 2.05) is 18.2 Å². The van der Waals surface area contributed by atoms with Crippen LogP contribution in [-0.4, -0.2) is 33.3 Å². The van der Waals surface area contributed by atoms with Crippen LogP contribution in [0, 0.1) is 0 Å². The fourth-order valence-corrected chi connectivity index (χ4v) is 1.59. The lowest BCUT2D eigenvalue weighted by Gasteiger charge is -2.34. The number of β-amino-alcohol motifs (C(OH)–C–C–N with tert-alkyl or cyclic N) is 1. The smallest absolute Gasteiger partial charge is 0.407 e. The molecule has 0 spiro atoms. The molecule has 0 radical (unpaired) electrons. The summed E-state index contributed by atoms with van der Waals surface area (Å²) in [4.78, 5) is 12.4. The normalized spacial score (nSPS) is 13.2. The van der Waals surface area contributed by atoms with Gasteiger partial charge in [-0.2, -0.15) is 0 Å². The zero-order valence-corrected chi connectivity index (χ0v) is 10.4. The fraction of sp³-hybridized carbons (Fsp3) is 0.462. The third kappa shape index (κ3) is 3.75. The van der Waals surface area contributed by atoms with Crippen molar-refractivity contribution in [2.24, 2.45) is 0 Å². The molecule has 0 aromatic heterocycles. The minimum Gasteiger partial charge on any atom is -0.465 e. The molecule has 4 heteroatoms. The molecule has 1 atom stereocenters. The number of aliphatic hydroxyl groups is 1. The molecule has 0 aliphatic rings. The summed E-state index contributed by atoms with van der Waals surface area (Å²) in [5.74, 6) is 0. The molecule has 1 amide bonds. The molecule has 0 saturated carbocycles. The molecule has 4 nitrogen and oxygen atoms in total. The maximum Gasteiger partial charge on any atom is 0.407 e. The Morgan fingerprint density at radius 2 is 1.82 bits per heavy atom. The summed E-state index contributed by atoms with van der Waals surface area (Å²) in [5.41, 5.74) is 0.199. The second kappa shape index (κ2) is 5.19. The molecule has 1 aromatic carbocycles. The number of rotatable bonds is 3. The number of aliphatic hydroxyl groups excluding tert-OH is 1. The van der Waals surface area contributed by atoms with E-state index in [4.69, 9.17) is 5.11 Å². The average molecular weight is 237 g/mol. The molecule has 1 unspecified atom stereocenters. The molecule has 0 fully saturated rings. The number of nitrogens with zero attached hydrogens (tertiary/aromatic N) is 1. The molecule has 0 aliphatic carbocycles.